The summed E-state index contributed by atoms with van der Waals surface area (Å²) < 4.78 is 10.4. The molecule has 0 N–H and O–H groups in total. The second-order valence-electron chi connectivity index (χ2n) is 5.98. The maximum atomic E-state index is 12.1. The Morgan fingerprint density at radius 1 is 0.808 bits per heavy atom. The minimum absolute atomic E-state index is 0.118. The topological polar surface area (TPSA) is 65.5 Å². The van der Waals surface area contributed by atoms with Crippen molar-refractivity contribution >= 4 is 11.9 Å². The number of unbranched alkanes of at least 4 members (excludes halogenated alkanes) is 2. The highest BCUT2D eigenvalue weighted by Gasteiger charge is 2.14. The van der Waals surface area contributed by atoms with Crippen LogP contribution in [-0.4, -0.2) is 30.1 Å². The minimum atomic E-state index is -0.529. The molecular weight excluding hydrogens is 330 g/mol. The average Bonchev–Trinajstić information content (AvgIpc) is 2.69. The molecule has 0 amide bonds. The van der Waals surface area contributed by atoms with Crippen LogP contribution in [0.2, 0.25) is 0 Å². The molecular formula is C21H25NO4. The molecule has 5 nitrogen and oxygen atoms in total. The van der Waals surface area contributed by atoms with Crippen molar-refractivity contribution in [1.29, 1.82) is 0 Å². The lowest BCUT2D eigenvalue weighted by Crippen LogP contribution is -2.13. The van der Waals surface area contributed by atoms with Crippen molar-refractivity contribution in [1.82, 2.24) is 4.98 Å². The Hall–Kier alpha value is -2.69. The highest BCUT2D eigenvalue weighted by molar-refractivity contribution is 5.91. The Bertz CT molecular complexity index is 700. The molecule has 26 heavy (non-hydrogen) atoms. The highest BCUT2D eigenvalue weighted by atomic mass is 16.5. The molecule has 0 aliphatic rings. The van der Waals surface area contributed by atoms with Crippen molar-refractivity contribution < 1.29 is 19.1 Å². The molecule has 0 saturated carbocycles. The second kappa shape index (κ2) is 11.0. The van der Waals surface area contributed by atoms with E-state index in [2.05, 4.69) is 11.9 Å². The van der Waals surface area contributed by atoms with Gasteiger partial charge in [0.1, 0.15) is 11.4 Å². The van der Waals surface area contributed by atoms with Gasteiger partial charge in [-0.1, -0.05) is 56.2 Å². The molecule has 0 saturated heterocycles. The number of aryl methyl sites for hydroxylation is 1. The highest BCUT2D eigenvalue weighted by Crippen LogP contribution is 2.06. The van der Waals surface area contributed by atoms with Gasteiger partial charge in [0.15, 0.2) is 0 Å². The van der Waals surface area contributed by atoms with Gasteiger partial charge in [0.2, 0.25) is 0 Å². The molecule has 1 heterocycles. The summed E-state index contributed by atoms with van der Waals surface area (Å²) in [7, 11) is 0. The summed E-state index contributed by atoms with van der Waals surface area (Å²) in [6.07, 6.45) is 4.46. The van der Waals surface area contributed by atoms with E-state index in [4.69, 9.17) is 9.47 Å². The predicted octanol–water partition coefficient (Wildman–Crippen LogP) is 4.22. The van der Waals surface area contributed by atoms with Gasteiger partial charge in [-0.3, -0.25) is 0 Å². The molecule has 0 unspecified atom stereocenters. The SMILES string of the molecule is CCCCCOC(=O)c1cccc(C(=O)OCCCc2ccccc2)n1. The fourth-order valence-electron chi connectivity index (χ4n) is 2.41. The van der Waals surface area contributed by atoms with Gasteiger partial charge < -0.3 is 9.47 Å². The lowest BCUT2D eigenvalue weighted by molar-refractivity contribution is 0.0484. The number of esters is 2. The zero-order chi connectivity index (χ0) is 18.6. The third-order valence-electron chi connectivity index (χ3n) is 3.83. The minimum Gasteiger partial charge on any atom is -0.461 e. The molecule has 0 atom stereocenters. The molecule has 0 radical (unpaired) electrons. The Labute approximate surface area is 154 Å². The van der Waals surface area contributed by atoms with Crippen LogP contribution in [0.4, 0.5) is 0 Å². The fourth-order valence-corrected chi connectivity index (χ4v) is 2.41. The lowest BCUT2D eigenvalue weighted by Gasteiger charge is -2.07. The van der Waals surface area contributed by atoms with Crippen molar-refractivity contribution in [2.24, 2.45) is 0 Å². The number of carbonyl (C=O) groups is 2. The van der Waals surface area contributed by atoms with E-state index >= 15 is 0 Å². The summed E-state index contributed by atoms with van der Waals surface area (Å²) in [6.45, 7) is 2.75. The van der Waals surface area contributed by atoms with Crippen molar-refractivity contribution in [3.05, 3.63) is 65.5 Å². The summed E-state index contributed by atoms with van der Waals surface area (Å²) in [5.74, 6) is -1.04. The Morgan fingerprint density at radius 2 is 1.42 bits per heavy atom. The standard InChI is InChI=1S/C21H25NO4/c1-2-3-7-15-25-20(23)18-13-8-14-19(22-18)21(24)26-16-9-12-17-10-5-4-6-11-17/h4-6,8,10-11,13-14H,2-3,7,9,12,15-16H2,1H3. The molecule has 0 bridgehead atoms. The van der Waals surface area contributed by atoms with Gasteiger partial charge >= 0.3 is 11.9 Å². The number of ether oxygens (including phenoxy) is 2. The smallest absolute Gasteiger partial charge is 0.356 e. The van der Waals surface area contributed by atoms with Gasteiger partial charge in [-0.15, -0.1) is 0 Å². The summed E-state index contributed by atoms with van der Waals surface area (Å²) in [5, 5.41) is 0. The number of carbonyl (C=O) groups excluding carboxylic acids is 2. The molecule has 5 heteroatoms. The predicted molar refractivity (Wildman–Crippen MR) is 99.1 cm³/mol. The molecule has 0 aliphatic carbocycles. The molecule has 0 fully saturated rings. The summed E-state index contributed by atoms with van der Waals surface area (Å²) >= 11 is 0. The largest absolute Gasteiger partial charge is 0.461 e. The fraction of sp³-hybridized carbons (Fsp3) is 0.381. The van der Waals surface area contributed by atoms with Gasteiger partial charge in [-0.2, -0.15) is 0 Å². The Balaban J connectivity index is 1.78. The maximum Gasteiger partial charge on any atom is 0.356 e. The van der Waals surface area contributed by atoms with Crippen LogP contribution in [0.15, 0.2) is 48.5 Å². The number of nitrogens with zero attached hydrogens (tertiary/aromatic N) is 1. The molecule has 0 spiro atoms. The summed E-state index contributed by atoms with van der Waals surface area (Å²) in [4.78, 5) is 28.1. The number of pyridine rings is 1. The van der Waals surface area contributed by atoms with E-state index in [0.717, 1.165) is 32.1 Å². The number of aromatic nitrogens is 1. The number of benzene rings is 1. The van der Waals surface area contributed by atoms with Crippen LogP contribution in [0.1, 0.15) is 59.1 Å². The van der Waals surface area contributed by atoms with Crippen LogP contribution in [0, 0.1) is 0 Å². The normalized spacial score (nSPS) is 10.3. The molecule has 1 aromatic carbocycles. The zero-order valence-corrected chi connectivity index (χ0v) is 15.1. The van der Waals surface area contributed by atoms with E-state index in [9.17, 15) is 9.59 Å². The van der Waals surface area contributed by atoms with Crippen molar-refractivity contribution in [3.63, 3.8) is 0 Å². The van der Waals surface area contributed by atoms with Gasteiger partial charge in [0, 0.05) is 0 Å². The number of hydrogen-bond donors (Lipinski definition) is 0. The molecule has 0 aliphatic heterocycles. The lowest BCUT2D eigenvalue weighted by atomic mass is 10.1. The first-order valence-corrected chi connectivity index (χ1v) is 9.06. The van der Waals surface area contributed by atoms with Gasteiger partial charge in [0.05, 0.1) is 13.2 Å². The van der Waals surface area contributed by atoms with E-state index in [0.29, 0.717) is 13.2 Å². The van der Waals surface area contributed by atoms with Crippen LogP contribution >= 0.6 is 0 Å². The van der Waals surface area contributed by atoms with E-state index in [1.54, 1.807) is 6.07 Å². The summed E-state index contributed by atoms with van der Waals surface area (Å²) in [6, 6.07) is 14.7. The molecule has 2 aromatic rings. The Morgan fingerprint density at radius 3 is 2.04 bits per heavy atom. The molecule has 1 aromatic heterocycles. The van der Waals surface area contributed by atoms with Crippen LogP contribution < -0.4 is 0 Å². The molecule has 2 rings (SSSR count). The number of rotatable bonds is 10. The third kappa shape index (κ3) is 6.67. The second-order valence-corrected chi connectivity index (χ2v) is 5.98. The summed E-state index contributed by atoms with van der Waals surface area (Å²) in [5.41, 5.74) is 1.45. The molecule has 138 valence electrons. The van der Waals surface area contributed by atoms with E-state index in [-0.39, 0.29) is 11.4 Å². The quantitative estimate of drug-likeness (QED) is 0.472. The van der Waals surface area contributed by atoms with Crippen molar-refractivity contribution in [3.8, 4) is 0 Å². The van der Waals surface area contributed by atoms with E-state index in [1.165, 1.54) is 17.7 Å². The van der Waals surface area contributed by atoms with Gasteiger partial charge in [0.25, 0.3) is 0 Å². The Kier molecular flexibility index (Phi) is 8.33. The van der Waals surface area contributed by atoms with Gasteiger partial charge in [-0.05, 0) is 37.0 Å². The first kappa shape index (κ1) is 19.6. The van der Waals surface area contributed by atoms with Crippen LogP contribution in [0.5, 0.6) is 0 Å². The monoisotopic (exact) mass is 355 g/mol. The van der Waals surface area contributed by atoms with Crippen molar-refractivity contribution in [2.75, 3.05) is 13.2 Å². The van der Waals surface area contributed by atoms with E-state index < -0.39 is 11.9 Å². The zero-order valence-electron chi connectivity index (χ0n) is 15.1. The average molecular weight is 355 g/mol. The van der Waals surface area contributed by atoms with Gasteiger partial charge in [-0.25, -0.2) is 14.6 Å². The number of hydrogen-bond acceptors (Lipinski definition) is 5. The maximum absolute atomic E-state index is 12.1. The van der Waals surface area contributed by atoms with E-state index in [1.807, 2.05) is 30.3 Å². The van der Waals surface area contributed by atoms with Crippen LogP contribution in [-0.2, 0) is 15.9 Å². The third-order valence-corrected chi connectivity index (χ3v) is 3.83. The van der Waals surface area contributed by atoms with Crippen LogP contribution in [0.3, 0.4) is 0 Å². The van der Waals surface area contributed by atoms with Crippen molar-refractivity contribution in [2.45, 2.75) is 39.0 Å². The first-order chi connectivity index (χ1) is 12.7. The first-order valence-electron chi connectivity index (χ1n) is 9.06. The van der Waals surface area contributed by atoms with Crippen LogP contribution in [0.25, 0.3) is 0 Å².